The molecule has 0 amide bonds. The molecule has 7 heteroatoms. The van der Waals surface area contributed by atoms with Gasteiger partial charge >= 0.3 is 5.97 Å². The topological polar surface area (TPSA) is 54.0 Å². The third-order valence-corrected chi connectivity index (χ3v) is 8.57. The number of carbonyl (C=O) groups excluding carboxylic acids is 1. The van der Waals surface area contributed by atoms with Crippen LogP contribution >= 0.6 is 0 Å². The van der Waals surface area contributed by atoms with Crippen molar-refractivity contribution in [3.05, 3.63) is 12.2 Å². The van der Waals surface area contributed by atoms with E-state index >= 15 is 0 Å². The summed E-state index contributed by atoms with van der Waals surface area (Å²) in [4.78, 5) is 12.1. The number of ether oxygens (including phenoxy) is 3. The fourth-order valence-corrected chi connectivity index (χ4v) is 8.45. The van der Waals surface area contributed by atoms with Crippen LogP contribution in [0.25, 0.3) is 0 Å². The Morgan fingerprint density at radius 3 is 2.41 bits per heavy atom. The highest BCUT2D eigenvalue weighted by Crippen LogP contribution is 2.46. The zero-order valence-corrected chi connectivity index (χ0v) is 17.9. The summed E-state index contributed by atoms with van der Waals surface area (Å²) in [6.45, 7) is 11.6. The smallest absolute Gasteiger partial charge is 0.333 e. The zero-order valence-electron chi connectivity index (χ0n) is 14.9. The molecular weight excluding hydrogens is 316 g/mol. The van der Waals surface area contributed by atoms with Crippen molar-refractivity contribution in [2.75, 3.05) is 14.2 Å². The molecule has 22 heavy (non-hydrogen) atoms. The van der Waals surface area contributed by atoms with Crippen LogP contribution in [0.3, 0.4) is 0 Å². The van der Waals surface area contributed by atoms with Gasteiger partial charge in [-0.1, -0.05) is 19.9 Å². The zero-order chi connectivity index (χ0) is 17.2. The van der Waals surface area contributed by atoms with Crippen LogP contribution in [0.4, 0.5) is 0 Å². The molecule has 0 aliphatic carbocycles. The van der Waals surface area contributed by atoms with Crippen molar-refractivity contribution in [3.63, 3.8) is 0 Å². The van der Waals surface area contributed by atoms with E-state index in [1.807, 2.05) is 0 Å². The highest BCUT2D eigenvalue weighted by atomic mass is 28.4. The molecule has 1 heterocycles. The summed E-state index contributed by atoms with van der Waals surface area (Å²) in [5.41, 5.74) is -1.19. The molecule has 1 saturated heterocycles. The van der Waals surface area contributed by atoms with Gasteiger partial charge in [0.15, 0.2) is 19.3 Å². The van der Waals surface area contributed by atoms with Gasteiger partial charge in [-0.3, -0.25) is 0 Å². The summed E-state index contributed by atoms with van der Waals surface area (Å²) < 4.78 is 23.9. The molecular formula is C15H30O5Si2. The number of hydrogen-bond donors (Lipinski definition) is 0. The maximum Gasteiger partial charge on any atom is 0.333 e. The Morgan fingerprint density at radius 1 is 1.41 bits per heavy atom. The van der Waals surface area contributed by atoms with Crippen LogP contribution in [0.5, 0.6) is 0 Å². The molecule has 1 aliphatic rings. The second-order valence-corrected chi connectivity index (χ2v) is 12.2. The Morgan fingerprint density at radius 2 is 2.00 bits per heavy atom. The van der Waals surface area contributed by atoms with E-state index in [2.05, 4.69) is 26.6 Å². The largest absolute Gasteiger partial charge is 0.456 e. The van der Waals surface area contributed by atoms with Crippen LogP contribution in [0.2, 0.25) is 19.1 Å². The molecule has 3 unspecified atom stereocenters. The average molecular weight is 347 g/mol. The van der Waals surface area contributed by atoms with Gasteiger partial charge in [-0.05, 0) is 26.4 Å². The molecule has 0 spiro atoms. The summed E-state index contributed by atoms with van der Waals surface area (Å²) >= 11 is 0. The minimum atomic E-state index is -2.02. The Hall–Kier alpha value is -0.476. The minimum Gasteiger partial charge on any atom is -0.456 e. The Labute approximate surface area is 137 Å². The van der Waals surface area contributed by atoms with Gasteiger partial charge in [-0.2, -0.15) is 0 Å². The first-order chi connectivity index (χ1) is 10.1. The normalized spacial score (nSPS) is 34.4. The quantitative estimate of drug-likeness (QED) is 0.415. The maximum absolute atomic E-state index is 12.1. The first-order valence-electron chi connectivity index (χ1n) is 7.74. The second-order valence-electron chi connectivity index (χ2n) is 6.73. The summed E-state index contributed by atoms with van der Waals surface area (Å²) in [6, 6.07) is 0.688. The van der Waals surface area contributed by atoms with Gasteiger partial charge in [0, 0.05) is 25.8 Å². The number of methoxy groups -OCH3 is 2. The highest BCUT2D eigenvalue weighted by Gasteiger charge is 2.63. The van der Waals surface area contributed by atoms with Gasteiger partial charge in [-0.25, -0.2) is 4.79 Å². The molecule has 1 rings (SSSR count). The first-order valence-corrected chi connectivity index (χ1v) is 11.9. The van der Waals surface area contributed by atoms with Crippen LogP contribution < -0.4 is 0 Å². The minimum absolute atomic E-state index is 0.380. The van der Waals surface area contributed by atoms with Gasteiger partial charge in [0.25, 0.3) is 0 Å². The third kappa shape index (κ3) is 3.54. The Bertz CT molecular complexity index is 440. The number of carbonyl (C=O) groups is 1. The van der Waals surface area contributed by atoms with E-state index in [-0.39, 0.29) is 12.1 Å². The molecule has 0 saturated carbocycles. The van der Waals surface area contributed by atoms with Crippen molar-refractivity contribution in [1.82, 2.24) is 0 Å². The lowest BCUT2D eigenvalue weighted by Gasteiger charge is -2.57. The summed E-state index contributed by atoms with van der Waals surface area (Å²) in [5.74, 6) is -0.380. The molecule has 0 radical (unpaired) electrons. The molecule has 1 aliphatic heterocycles. The summed E-state index contributed by atoms with van der Waals surface area (Å²) in [7, 11) is 1.88. The second kappa shape index (κ2) is 6.96. The van der Waals surface area contributed by atoms with Crippen molar-refractivity contribution in [1.29, 1.82) is 0 Å². The van der Waals surface area contributed by atoms with Gasteiger partial charge in [-0.15, -0.1) is 0 Å². The van der Waals surface area contributed by atoms with E-state index in [0.29, 0.717) is 28.3 Å². The van der Waals surface area contributed by atoms with E-state index < -0.39 is 19.3 Å². The fourth-order valence-electron chi connectivity index (χ4n) is 3.32. The van der Waals surface area contributed by atoms with E-state index in [1.54, 1.807) is 21.1 Å². The van der Waals surface area contributed by atoms with Gasteiger partial charge < -0.3 is 18.6 Å². The number of rotatable bonds is 6. The highest BCUT2D eigenvalue weighted by molar-refractivity contribution is 6.72. The average Bonchev–Trinajstić information content (AvgIpc) is 2.41. The van der Waals surface area contributed by atoms with Gasteiger partial charge in [0.1, 0.15) is 6.10 Å². The molecule has 5 nitrogen and oxygen atoms in total. The Balaban J connectivity index is 3.31. The van der Waals surface area contributed by atoms with Crippen LogP contribution in [0.15, 0.2) is 12.2 Å². The molecule has 1 fully saturated rings. The van der Waals surface area contributed by atoms with Gasteiger partial charge in [0.05, 0.1) is 10.2 Å². The van der Waals surface area contributed by atoms with E-state index in [0.717, 1.165) is 6.42 Å². The summed E-state index contributed by atoms with van der Waals surface area (Å²) in [5, 5.41) is 0. The SMILES string of the molecule is C=C(C)C(=O)OC1C[Si](C)(C)OC([SiH3])(OC)C1(CCC)OC. The molecule has 3 atom stereocenters. The predicted molar refractivity (Wildman–Crippen MR) is 92.4 cm³/mol. The monoisotopic (exact) mass is 346 g/mol. The lowest BCUT2D eigenvalue weighted by atomic mass is 9.89. The summed E-state index contributed by atoms with van der Waals surface area (Å²) in [6.07, 6.45) is 1.21. The van der Waals surface area contributed by atoms with Crippen molar-refractivity contribution >= 4 is 24.5 Å². The predicted octanol–water partition coefficient (Wildman–Crippen LogP) is 1.56. The number of hydrogen-bond acceptors (Lipinski definition) is 5. The van der Waals surface area contributed by atoms with Gasteiger partial charge in [0.2, 0.25) is 0 Å². The lowest BCUT2D eigenvalue weighted by Crippen LogP contribution is -2.73. The van der Waals surface area contributed by atoms with Crippen LogP contribution in [0, 0.1) is 0 Å². The van der Waals surface area contributed by atoms with E-state index in [9.17, 15) is 4.79 Å². The van der Waals surface area contributed by atoms with Crippen LogP contribution in [-0.2, 0) is 23.4 Å². The van der Waals surface area contributed by atoms with Crippen molar-refractivity contribution in [2.45, 2.75) is 62.9 Å². The standard InChI is InChI=1S/C15H30O5Si2/c1-8-9-14(17-4)12(19-13(16)11(2)3)10-22(6,7)20-15(14,21)18-5/h12H,2,8-10H2,1,3-7,21H3. The third-order valence-electron chi connectivity index (χ3n) is 4.41. The lowest BCUT2D eigenvalue weighted by molar-refractivity contribution is -0.281. The van der Waals surface area contributed by atoms with Crippen molar-refractivity contribution in [3.8, 4) is 0 Å². The van der Waals surface area contributed by atoms with E-state index in [1.165, 1.54) is 0 Å². The Kier molecular flexibility index (Phi) is 6.19. The molecule has 0 aromatic carbocycles. The van der Waals surface area contributed by atoms with Crippen molar-refractivity contribution < 1.29 is 23.4 Å². The van der Waals surface area contributed by atoms with E-state index in [4.69, 9.17) is 18.6 Å². The van der Waals surface area contributed by atoms with Crippen LogP contribution in [-0.4, -0.2) is 55.9 Å². The fraction of sp³-hybridized carbons (Fsp3) is 0.800. The van der Waals surface area contributed by atoms with Crippen LogP contribution in [0.1, 0.15) is 26.7 Å². The number of esters is 1. The molecule has 0 aromatic heterocycles. The maximum atomic E-state index is 12.1. The molecule has 0 bridgehead atoms. The molecule has 128 valence electrons. The first kappa shape index (κ1) is 19.6. The molecule has 0 N–H and O–H groups in total. The molecule has 0 aromatic rings. The van der Waals surface area contributed by atoms with Crippen molar-refractivity contribution in [2.24, 2.45) is 0 Å².